The topological polar surface area (TPSA) is 26.3 Å². The largest absolute Gasteiger partial charge is 0.455 e. The van der Waals surface area contributed by atoms with E-state index in [1.54, 1.807) is 18.7 Å². The smallest absolute Gasteiger partial charge is 0.333 e. The van der Waals surface area contributed by atoms with Crippen LogP contribution in [0.3, 0.4) is 0 Å². The van der Waals surface area contributed by atoms with Gasteiger partial charge in [-0.25, -0.2) is 4.79 Å². The Morgan fingerprint density at radius 3 is 2.60 bits per heavy atom. The standard InChI is InChI=1S/C11H18O2S2/c1-9(2)10(12)13-11(8-14-3)4-6-15-7-5-11/h1,4-8H2,2-3H3. The molecular weight excluding hydrogens is 228 g/mol. The monoisotopic (exact) mass is 246 g/mol. The summed E-state index contributed by atoms with van der Waals surface area (Å²) >= 11 is 3.68. The third-order valence-corrected chi connectivity index (χ3v) is 4.27. The molecule has 0 aromatic heterocycles. The van der Waals surface area contributed by atoms with Gasteiger partial charge < -0.3 is 4.74 Å². The first-order valence-corrected chi connectivity index (χ1v) is 7.60. The maximum atomic E-state index is 11.6. The van der Waals surface area contributed by atoms with Gasteiger partial charge in [0.1, 0.15) is 5.60 Å². The third-order valence-electron chi connectivity index (χ3n) is 2.47. The van der Waals surface area contributed by atoms with Gasteiger partial charge in [-0.15, -0.1) is 0 Å². The molecule has 2 nitrogen and oxygen atoms in total. The lowest BCUT2D eigenvalue weighted by atomic mass is 9.99. The van der Waals surface area contributed by atoms with Gasteiger partial charge in [0, 0.05) is 11.3 Å². The zero-order valence-corrected chi connectivity index (χ0v) is 11.0. The van der Waals surface area contributed by atoms with E-state index in [9.17, 15) is 4.79 Å². The van der Waals surface area contributed by atoms with Crippen LogP contribution in [0.25, 0.3) is 0 Å². The fourth-order valence-corrected chi connectivity index (χ4v) is 3.68. The first kappa shape index (κ1) is 13.0. The van der Waals surface area contributed by atoms with E-state index >= 15 is 0 Å². The lowest BCUT2D eigenvalue weighted by Gasteiger charge is -2.36. The maximum Gasteiger partial charge on any atom is 0.333 e. The van der Waals surface area contributed by atoms with Crippen molar-refractivity contribution in [3.8, 4) is 0 Å². The molecule has 0 unspecified atom stereocenters. The molecule has 15 heavy (non-hydrogen) atoms. The van der Waals surface area contributed by atoms with Gasteiger partial charge in [-0.2, -0.15) is 23.5 Å². The highest BCUT2D eigenvalue weighted by Crippen LogP contribution is 2.33. The Balaban J connectivity index is 2.63. The van der Waals surface area contributed by atoms with E-state index in [0.29, 0.717) is 5.57 Å². The first-order chi connectivity index (χ1) is 7.09. The number of carbonyl (C=O) groups excluding carboxylic acids is 1. The molecule has 0 bridgehead atoms. The second kappa shape index (κ2) is 5.85. The van der Waals surface area contributed by atoms with Gasteiger partial charge >= 0.3 is 5.97 Å². The van der Waals surface area contributed by atoms with Crippen molar-refractivity contribution in [2.45, 2.75) is 25.4 Å². The normalized spacial score (nSPS) is 19.6. The van der Waals surface area contributed by atoms with Gasteiger partial charge in [0.2, 0.25) is 0 Å². The molecule has 0 amide bonds. The Bertz CT molecular complexity index is 239. The maximum absolute atomic E-state index is 11.6. The quantitative estimate of drug-likeness (QED) is 0.563. The average Bonchev–Trinajstić information content (AvgIpc) is 2.19. The average molecular weight is 246 g/mol. The van der Waals surface area contributed by atoms with Crippen LogP contribution in [0.2, 0.25) is 0 Å². The van der Waals surface area contributed by atoms with Gasteiger partial charge in [0.15, 0.2) is 0 Å². The second-order valence-corrected chi connectivity index (χ2v) is 5.99. The highest BCUT2D eigenvalue weighted by Gasteiger charge is 2.35. The van der Waals surface area contributed by atoms with Crippen molar-refractivity contribution in [2.75, 3.05) is 23.5 Å². The number of rotatable bonds is 4. The van der Waals surface area contributed by atoms with Gasteiger partial charge in [0.05, 0.1) is 0 Å². The summed E-state index contributed by atoms with van der Waals surface area (Å²) in [5, 5.41) is 0. The predicted octanol–water partition coefficient (Wildman–Crippen LogP) is 2.73. The van der Waals surface area contributed by atoms with Crippen LogP contribution in [0.4, 0.5) is 0 Å². The summed E-state index contributed by atoms with van der Waals surface area (Å²) in [4.78, 5) is 11.6. The van der Waals surface area contributed by atoms with Gasteiger partial charge in [-0.1, -0.05) is 6.58 Å². The van der Waals surface area contributed by atoms with Crippen molar-refractivity contribution >= 4 is 29.5 Å². The van der Waals surface area contributed by atoms with Gasteiger partial charge in [0.25, 0.3) is 0 Å². The van der Waals surface area contributed by atoms with E-state index in [4.69, 9.17) is 4.74 Å². The van der Waals surface area contributed by atoms with E-state index < -0.39 is 0 Å². The molecule has 0 saturated carbocycles. The van der Waals surface area contributed by atoms with Crippen molar-refractivity contribution in [1.29, 1.82) is 0 Å². The molecular formula is C11H18O2S2. The lowest BCUT2D eigenvalue weighted by molar-refractivity contribution is -0.153. The fourth-order valence-electron chi connectivity index (χ4n) is 1.57. The summed E-state index contributed by atoms with van der Waals surface area (Å²) in [5.41, 5.74) is 0.259. The van der Waals surface area contributed by atoms with Crippen LogP contribution < -0.4 is 0 Å². The Hall–Kier alpha value is -0.0900. The molecule has 1 saturated heterocycles. The molecule has 0 atom stereocenters. The molecule has 0 aliphatic carbocycles. The van der Waals surface area contributed by atoms with E-state index in [0.717, 1.165) is 30.1 Å². The Morgan fingerprint density at radius 2 is 2.13 bits per heavy atom. The Morgan fingerprint density at radius 1 is 1.53 bits per heavy atom. The Kier molecular flexibility index (Phi) is 5.06. The minimum absolute atomic E-state index is 0.235. The molecule has 1 heterocycles. The number of thioether (sulfide) groups is 2. The summed E-state index contributed by atoms with van der Waals surface area (Å²) in [7, 11) is 0. The summed E-state index contributed by atoms with van der Waals surface area (Å²) in [5.74, 6) is 2.83. The van der Waals surface area contributed by atoms with Gasteiger partial charge in [-0.3, -0.25) is 0 Å². The minimum Gasteiger partial charge on any atom is -0.455 e. The van der Waals surface area contributed by atoms with Crippen LogP contribution in [0.1, 0.15) is 19.8 Å². The summed E-state index contributed by atoms with van der Waals surface area (Å²) in [6.07, 6.45) is 3.99. The number of ether oxygens (including phenoxy) is 1. The molecule has 0 aromatic carbocycles. The van der Waals surface area contributed by atoms with Crippen molar-refractivity contribution < 1.29 is 9.53 Å². The minimum atomic E-state index is -0.240. The van der Waals surface area contributed by atoms with E-state index in [2.05, 4.69) is 12.8 Å². The highest BCUT2D eigenvalue weighted by atomic mass is 32.2. The summed E-state index contributed by atoms with van der Waals surface area (Å²) in [6, 6.07) is 0. The molecule has 0 spiro atoms. The predicted molar refractivity (Wildman–Crippen MR) is 68.6 cm³/mol. The molecule has 1 rings (SSSR count). The molecule has 0 aromatic rings. The molecule has 0 N–H and O–H groups in total. The fraction of sp³-hybridized carbons (Fsp3) is 0.727. The molecule has 86 valence electrons. The SMILES string of the molecule is C=C(C)C(=O)OC1(CSC)CCSCC1. The molecule has 1 aliphatic rings. The van der Waals surface area contributed by atoms with E-state index in [1.807, 2.05) is 11.8 Å². The molecule has 0 radical (unpaired) electrons. The highest BCUT2D eigenvalue weighted by molar-refractivity contribution is 7.99. The van der Waals surface area contributed by atoms with Crippen LogP contribution in [-0.2, 0) is 9.53 Å². The van der Waals surface area contributed by atoms with Crippen LogP contribution in [0.5, 0.6) is 0 Å². The van der Waals surface area contributed by atoms with Crippen molar-refractivity contribution in [3.63, 3.8) is 0 Å². The molecule has 1 aliphatic heterocycles. The number of esters is 1. The zero-order valence-electron chi connectivity index (χ0n) is 9.38. The second-order valence-electron chi connectivity index (χ2n) is 3.90. The number of hydrogen-bond acceptors (Lipinski definition) is 4. The van der Waals surface area contributed by atoms with Crippen LogP contribution in [0.15, 0.2) is 12.2 Å². The lowest BCUT2D eigenvalue weighted by Crippen LogP contribution is -2.41. The number of carbonyl (C=O) groups is 1. The van der Waals surface area contributed by atoms with Crippen molar-refractivity contribution in [2.24, 2.45) is 0 Å². The number of hydrogen-bond donors (Lipinski definition) is 0. The molecule has 1 fully saturated rings. The van der Waals surface area contributed by atoms with Gasteiger partial charge in [-0.05, 0) is 37.5 Å². The van der Waals surface area contributed by atoms with Crippen LogP contribution in [0, 0.1) is 0 Å². The van der Waals surface area contributed by atoms with Crippen LogP contribution >= 0.6 is 23.5 Å². The summed E-state index contributed by atoms with van der Waals surface area (Å²) < 4.78 is 5.61. The van der Waals surface area contributed by atoms with Crippen molar-refractivity contribution in [3.05, 3.63) is 12.2 Å². The zero-order chi connectivity index (χ0) is 11.3. The molecule has 4 heteroatoms. The first-order valence-electron chi connectivity index (χ1n) is 5.05. The third kappa shape index (κ3) is 3.76. The summed E-state index contributed by atoms with van der Waals surface area (Å²) in [6.45, 7) is 5.33. The van der Waals surface area contributed by atoms with E-state index in [-0.39, 0.29) is 11.6 Å². The van der Waals surface area contributed by atoms with Crippen molar-refractivity contribution in [1.82, 2.24) is 0 Å². The Labute approximate surface area is 100 Å². The van der Waals surface area contributed by atoms with E-state index in [1.165, 1.54) is 0 Å². The van der Waals surface area contributed by atoms with Crippen LogP contribution in [-0.4, -0.2) is 35.1 Å².